The number of carbonyl (C=O) groups excluding carboxylic acids is 2. The van der Waals surface area contributed by atoms with Crippen LogP contribution in [-0.2, 0) is 9.59 Å². The molecule has 178 valence electrons. The standard InChI is InChI=1S/C27H36N2O3S/c1-6-10-12-21-25(30)24(26(31)29(27(21)33)15-11-7-2)23-16-18(5)20-14-13-19(17-22(20)32-23)28(8-3)9-4/h13-14,16-17,21H,6-12,15H2,1-5H3. The number of likely N-dealkylation sites (tertiary alicyclic amines) is 1. The fourth-order valence-corrected chi connectivity index (χ4v) is 4.88. The number of hydrogen-bond donors (Lipinski definition) is 0. The van der Waals surface area contributed by atoms with Crippen LogP contribution in [0.4, 0.5) is 5.69 Å². The molecule has 1 saturated heterocycles. The number of nitrogens with zero attached hydrogens (tertiary/aromatic N) is 2. The summed E-state index contributed by atoms with van der Waals surface area (Å²) in [6.07, 6.45) is 6.14. The molecule has 0 aromatic heterocycles. The third-order valence-corrected chi connectivity index (χ3v) is 7.01. The van der Waals surface area contributed by atoms with Crippen LogP contribution in [0.2, 0.25) is 0 Å². The van der Waals surface area contributed by atoms with Crippen molar-refractivity contribution < 1.29 is 14.3 Å². The van der Waals surface area contributed by atoms with Crippen molar-refractivity contribution in [2.24, 2.45) is 5.92 Å². The Hall–Kier alpha value is -2.47. The Kier molecular flexibility index (Phi) is 8.46. The number of carbonyl (C=O) groups is 2. The number of rotatable bonds is 9. The lowest BCUT2D eigenvalue weighted by atomic mass is 9.86. The largest absolute Gasteiger partial charge is 0.456 e. The van der Waals surface area contributed by atoms with Gasteiger partial charge in [-0.15, -0.1) is 0 Å². The Morgan fingerprint density at radius 1 is 1.06 bits per heavy atom. The molecule has 1 fully saturated rings. The van der Waals surface area contributed by atoms with Gasteiger partial charge in [-0.3, -0.25) is 9.59 Å². The van der Waals surface area contributed by atoms with Crippen LogP contribution in [0.5, 0.6) is 5.75 Å². The summed E-state index contributed by atoms with van der Waals surface area (Å²) in [5, 5.41) is 0. The average molecular weight is 469 g/mol. The van der Waals surface area contributed by atoms with E-state index in [1.165, 1.54) is 0 Å². The molecule has 0 bridgehead atoms. The van der Waals surface area contributed by atoms with E-state index in [4.69, 9.17) is 17.0 Å². The molecule has 0 N–H and O–H groups in total. The number of unbranched alkanes of at least 4 members (excludes halogenated alkanes) is 2. The lowest BCUT2D eigenvalue weighted by Gasteiger charge is -2.35. The maximum absolute atomic E-state index is 13.5. The van der Waals surface area contributed by atoms with Crippen LogP contribution in [0.25, 0.3) is 5.57 Å². The summed E-state index contributed by atoms with van der Waals surface area (Å²) in [7, 11) is 0. The first-order chi connectivity index (χ1) is 15.9. The summed E-state index contributed by atoms with van der Waals surface area (Å²) < 4.78 is 6.27. The van der Waals surface area contributed by atoms with Crippen LogP contribution in [-0.4, -0.2) is 41.2 Å². The van der Waals surface area contributed by atoms with Crippen LogP contribution in [0.3, 0.4) is 0 Å². The van der Waals surface area contributed by atoms with Gasteiger partial charge in [0.05, 0.1) is 10.9 Å². The number of Topliss-reactive ketones (excluding diaryl/α,β-unsaturated/α-hetero) is 1. The van der Waals surface area contributed by atoms with E-state index in [1.807, 2.05) is 25.1 Å². The van der Waals surface area contributed by atoms with Crippen molar-refractivity contribution in [3.8, 4) is 5.75 Å². The summed E-state index contributed by atoms with van der Waals surface area (Å²) >= 11 is 5.64. The van der Waals surface area contributed by atoms with Gasteiger partial charge in [0, 0.05) is 37.0 Å². The number of benzene rings is 1. The van der Waals surface area contributed by atoms with Crippen molar-refractivity contribution in [3.05, 3.63) is 41.2 Å². The monoisotopic (exact) mass is 468 g/mol. The predicted octanol–water partition coefficient (Wildman–Crippen LogP) is 5.93. The van der Waals surface area contributed by atoms with Crippen molar-refractivity contribution in [1.82, 2.24) is 4.90 Å². The summed E-state index contributed by atoms with van der Waals surface area (Å²) in [5.74, 6) is 0.0537. The summed E-state index contributed by atoms with van der Waals surface area (Å²) in [5.41, 5.74) is 3.15. The van der Waals surface area contributed by atoms with Gasteiger partial charge in [0.2, 0.25) is 0 Å². The van der Waals surface area contributed by atoms with Crippen molar-refractivity contribution in [1.29, 1.82) is 0 Å². The van der Waals surface area contributed by atoms with E-state index in [9.17, 15) is 9.59 Å². The lowest BCUT2D eigenvalue weighted by molar-refractivity contribution is -0.130. The zero-order valence-corrected chi connectivity index (χ0v) is 21.4. The average Bonchev–Trinajstić information content (AvgIpc) is 2.79. The highest BCUT2D eigenvalue weighted by Crippen LogP contribution is 2.38. The number of hydrogen-bond acceptors (Lipinski definition) is 5. The van der Waals surface area contributed by atoms with E-state index >= 15 is 0 Å². The third kappa shape index (κ3) is 5.06. The summed E-state index contributed by atoms with van der Waals surface area (Å²) in [6, 6.07) is 6.14. The number of amides is 1. The second kappa shape index (κ2) is 11.1. The van der Waals surface area contributed by atoms with Crippen molar-refractivity contribution >= 4 is 40.2 Å². The Labute approximate surface area is 203 Å². The van der Waals surface area contributed by atoms with Gasteiger partial charge in [-0.05, 0) is 57.4 Å². The van der Waals surface area contributed by atoms with E-state index < -0.39 is 5.92 Å². The molecule has 0 aliphatic carbocycles. The van der Waals surface area contributed by atoms with E-state index in [2.05, 4.69) is 38.7 Å². The summed E-state index contributed by atoms with van der Waals surface area (Å²) in [4.78, 5) is 31.4. The first kappa shape index (κ1) is 25.2. The molecule has 0 spiro atoms. The quantitative estimate of drug-likeness (QED) is 0.255. The maximum atomic E-state index is 13.5. The van der Waals surface area contributed by atoms with Gasteiger partial charge in [-0.1, -0.05) is 45.3 Å². The van der Waals surface area contributed by atoms with Gasteiger partial charge in [-0.2, -0.15) is 0 Å². The number of thiocarbonyl (C=S) groups is 1. The number of ether oxygens (including phenoxy) is 1. The topological polar surface area (TPSA) is 49.9 Å². The maximum Gasteiger partial charge on any atom is 0.266 e. The van der Waals surface area contributed by atoms with Gasteiger partial charge < -0.3 is 14.5 Å². The van der Waals surface area contributed by atoms with Gasteiger partial charge in [-0.25, -0.2) is 0 Å². The minimum Gasteiger partial charge on any atom is -0.456 e. The predicted molar refractivity (Wildman–Crippen MR) is 139 cm³/mol. The van der Waals surface area contributed by atoms with E-state index in [0.29, 0.717) is 29.5 Å². The molecule has 1 unspecified atom stereocenters. The highest BCUT2D eigenvalue weighted by molar-refractivity contribution is 7.80. The molecule has 0 radical (unpaired) electrons. The molecule has 5 nitrogen and oxygen atoms in total. The molecule has 3 rings (SSSR count). The molecule has 1 amide bonds. The Morgan fingerprint density at radius 2 is 1.76 bits per heavy atom. The zero-order chi connectivity index (χ0) is 24.1. The smallest absolute Gasteiger partial charge is 0.266 e. The molecule has 1 atom stereocenters. The first-order valence-corrected chi connectivity index (χ1v) is 12.7. The first-order valence-electron chi connectivity index (χ1n) is 12.3. The third-order valence-electron chi connectivity index (χ3n) is 6.50. The fourth-order valence-electron chi connectivity index (χ4n) is 4.48. The molecule has 2 aliphatic rings. The molecular weight excluding hydrogens is 432 g/mol. The van der Waals surface area contributed by atoms with Crippen molar-refractivity contribution in [2.75, 3.05) is 24.5 Å². The second-order valence-electron chi connectivity index (χ2n) is 8.73. The zero-order valence-electron chi connectivity index (χ0n) is 20.6. The van der Waals surface area contributed by atoms with Crippen LogP contribution >= 0.6 is 12.2 Å². The summed E-state index contributed by atoms with van der Waals surface area (Å²) in [6.45, 7) is 12.7. The highest BCUT2D eigenvalue weighted by atomic mass is 32.1. The van der Waals surface area contributed by atoms with Crippen LogP contribution < -0.4 is 9.64 Å². The second-order valence-corrected chi connectivity index (χ2v) is 9.15. The lowest BCUT2D eigenvalue weighted by Crippen LogP contribution is -2.51. The van der Waals surface area contributed by atoms with Gasteiger partial charge in [0.15, 0.2) is 5.78 Å². The van der Waals surface area contributed by atoms with Gasteiger partial charge in [0.25, 0.3) is 5.91 Å². The molecule has 0 saturated carbocycles. The van der Waals surface area contributed by atoms with Crippen molar-refractivity contribution in [3.63, 3.8) is 0 Å². The number of piperidine rings is 1. The van der Waals surface area contributed by atoms with Crippen LogP contribution in [0, 0.1) is 5.92 Å². The van der Waals surface area contributed by atoms with E-state index in [1.54, 1.807) is 4.90 Å². The Bertz CT molecular complexity index is 959. The van der Waals surface area contributed by atoms with Crippen LogP contribution in [0.15, 0.2) is 35.6 Å². The van der Waals surface area contributed by atoms with Crippen LogP contribution in [0.1, 0.15) is 72.3 Å². The highest BCUT2D eigenvalue weighted by Gasteiger charge is 2.43. The van der Waals surface area contributed by atoms with E-state index in [-0.39, 0.29) is 17.3 Å². The van der Waals surface area contributed by atoms with Gasteiger partial charge in [0.1, 0.15) is 17.1 Å². The molecule has 1 aromatic carbocycles. The van der Waals surface area contributed by atoms with Crippen molar-refractivity contribution in [2.45, 2.75) is 66.7 Å². The molecule has 33 heavy (non-hydrogen) atoms. The Morgan fingerprint density at radius 3 is 2.39 bits per heavy atom. The fraction of sp³-hybridized carbons (Fsp3) is 0.519. The molecule has 6 heteroatoms. The molecule has 2 aliphatic heterocycles. The van der Waals surface area contributed by atoms with Gasteiger partial charge >= 0.3 is 0 Å². The number of allylic oxidation sites excluding steroid dienone is 2. The SMILES string of the molecule is CCCCC1C(=O)C(=C2C=C(C)c3ccc(N(CC)CC)cc3O2)C(=O)N(CCCC)C1=S. The molecular formula is C27H36N2O3S. The molecule has 2 heterocycles. The number of ketones is 1. The Balaban J connectivity index is 2.07. The number of fused-ring (bicyclic) bond motifs is 1. The number of anilines is 1. The minimum absolute atomic E-state index is 0.138. The van der Waals surface area contributed by atoms with E-state index in [0.717, 1.165) is 55.6 Å². The molecule has 1 aromatic rings. The normalized spacial score (nSPS) is 20.5. The minimum atomic E-state index is -0.447.